The molecule has 1 unspecified atom stereocenters. The summed E-state index contributed by atoms with van der Waals surface area (Å²) in [6.07, 6.45) is 1.10. The van der Waals surface area contributed by atoms with E-state index >= 15 is 0 Å². The second kappa shape index (κ2) is 9.16. The van der Waals surface area contributed by atoms with Crippen LogP contribution < -0.4 is 14.8 Å². The van der Waals surface area contributed by atoms with Crippen LogP contribution in [0, 0.1) is 0 Å². The van der Waals surface area contributed by atoms with Crippen LogP contribution in [0.5, 0.6) is 11.5 Å². The van der Waals surface area contributed by atoms with Crippen LogP contribution in [-0.2, 0) is 13.2 Å². The maximum Gasteiger partial charge on any atom is 0.161 e. The topological polar surface area (TPSA) is 30.5 Å². The van der Waals surface area contributed by atoms with Crippen LogP contribution in [0.15, 0.2) is 36.4 Å². The molecule has 0 saturated heterocycles. The van der Waals surface area contributed by atoms with Crippen molar-refractivity contribution in [2.24, 2.45) is 0 Å². The molecule has 1 atom stereocenters. The first-order chi connectivity index (χ1) is 11.5. The predicted octanol–water partition coefficient (Wildman–Crippen LogP) is 5.47. The van der Waals surface area contributed by atoms with Gasteiger partial charge in [0.15, 0.2) is 11.5 Å². The van der Waals surface area contributed by atoms with Gasteiger partial charge in [-0.15, -0.1) is 0 Å². The van der Waals surface area contributed by atoms with Gasteiger partial charge in [0.2, 0.25) is 0 Å². The van der Waals surface area contributed by atoms with Gasteiger partial charge in [0.1, 0.15) is 6.61 Å². The lowest BCUT2D eigenvalue weighted by Crippen LogP contribution is -2.24. The molecule has 0 fully saturated rings. The third-order valence-electron chi connectivity index (χ3n) is 3.89. The van der Waals surface area contributed by atoms with Gasteiger partial charge in [0.25, 0.3) is 0 Å². The molecule has 2 rings (SSSR count). The Morgan fingerprint density at radius 2 is 1.88 bits per heavy atom. The Balaban J connectivity index is 2.04. The fraction of sp³-hybridized carbons (Fsp3) is 0.368. The molecule has 5 heteroatoms. The molecular weight excluding hydrogens is 345 g/mol. The first-order valence-corrected chi connectivity index (χ1v) is 8.76. The van der Waals surface area contributed by atoms with Crippen molar-refractivity contribution in [3.63, 3.8) is 0 Å². The summed E-state index contributed by atoms with van der Waals surface area (Å²) in [5.74, 6) is 1.40. The molecule has 0 heterocycles. The number of hydrogen-bond acceptors (Lipinski definition) is 3. The molecule has 0 aliphatic carbocycles. The van der Waals surface area contributed by atoms with Crippen molar-refractivity contribution in [3.8, 4) is 11.5 Å². The van der Waals surface area contributed by atoms with Crippen molar-refractivity contribution < 1.29 is 9.47 Å². The summed E-state index contributed by atoms with van der Waals surface area (Å²) in [6, 6.07) is 11.8. The van der Waals surface area contributed by atoms with Gasteiger partial charge in [-0.1, -0.05) is 42.3 Å². The molecule has 0 spiro atoms. The molecule has 0 aromatic heterocycles. The van der Waals surface area contributed by atoms with Crippen LogP contribution in [0.25, 0.3) is 0 Å². The second-order valence-electron chi connectivity index (χ2n) is 5.70. The van der Waals surface area contributed by atoms with Gasteiger partial charge in [-0.3, -0.25) is 0 Å². The molecule has 2 aromatic carbocycles. The largest absolute Gasteiger partial charge is 0.493 e. The summed E-state index contributed by atoms with van der Waals surface area (Å²) in [7, 11) is 1.64. The van der Waals surface area contributed by atoms with Crippen LogP contribution in [0.2, 0.25) is 10.0 Å². The minimum Gasteiger partial charge on any atom is -0.493 e. The number of ether oxygens (including phenoxy) is 2. The van der Waals surface area contributed by atoms with Crippen LogP contribution in [0.4, 0.5) is 0 Å². The van der Waals surface area contributed by atoms with E-state index in [4.69, 9.17) is 32.7 Å². The summed E-state index contributed by atoms with van der Waals surface area (Å²) in [5.41, 5.74) is 2.04. The molecule has 0 radical (unpaired) electrons. The number of hydrogen-bond donors (Lipinski definition) is 1. The van der Waals surface area contributed by atoms with E-state index in [1.165, 1.54) is 0 Å². The minimum atomic E-state index is 0.358. The van der Waals surface area contributed by atoms with E-state index < -0.39 is 0 Å². The van der Waals surface area contributed by atoms with E-state index in [1.54, 1.807) is 19.2 Å². The number of nitrogens with one attached hydrogen (secondary N) is 1. The van der Waals surface area contributed by atoms with E-state index in [2.05, 4.69) is 19.2 Å². The maximum atomic E-state index is 6.18. The highest BCUT2D eigenvalue weighted by atomic mass is 35.5. The van der Waals surface area contributed by atoms with Gasteiger partial charge < -0.3 is 14.8 Å². The summed E-state index contributed by atoms with van der Waals surface area (Å²) >= 11 is 12.1. The summed E-state index contributed by atoms with van der Waals surface area (Å²) < 4.78 is 11.3. The van der Waals surface area contributed by atoms with Crippen molar-refractivity contribution in [3.05, 3.63) is 57.6 Å². The molecule has 0 amide bonds. The Labute approximate surface area is 153 Å². The van der Waals surface area contributed by atoms with Gasteiger partial charge in [-0.2, -0.15) is 0 Å². The predicted molar refractivity (Wildman–Crippen MR) is 100 cm³/mol. The van der Waals surface area contributed by atoms with E-state index in [9.17, 15) is 0 Å². The SMILES string of the molecule is CCC(C)NCc1ccc(OCc2ccc(Cl)cc2Cl)c(OC)c1. The zero-order valence-electron chi connectivity index (χ0n) is 14.2. The number of benzene rings is 2. The number of rotatable bonds is 8. The fourth-order valence-corrected chi connectivity index (χ4v) is 2.63. The fourth-order valence-electron chi connectivity index (χ4n) is 2.17. The normalized spacial score (nSPS) is 12.0. The Morgan fingerprint density at radius 1 is 1.08 bits per heavy atom. The third kappa shape index (κ3) is 5.30. The molecule has 130 valence electrons. The van der Waals surface area contributed by atoms with Gasteiger partial charge in [-0.05, 0) is 43.2 Å². The van der Waals surface area contributed by atoms with E-state index in [-0.39, 0.29) is 0 Å². The Kier molecular flexibility index (Phi) is 7.22. The number of halogens is 2. The Hall–Kier alpha value is -1.42. The lowest BCUT2D eigenvalue weighted by atomic mass is 10.1. The number of methoxy groups -OCH3 is 1. The van der Waals surface area contributed by atoms with E-state index in [0.717, 1.165) is 24.1 Å². The van der Waals surface area contributed by atoms with Crippen LogP contribution in [-0.4, -0.2) is 13.2 Å². The zero-order chi connectivity index (χ0) is 17.5. The van der Waals surface area contributed by atoms with Crippen molar-refractivity contribution >= 4 is 23.2 Å². The van der Waals surface area contributed by atoms with Crippen LogP contribution in [0.1, 0.15) is 31.4 Å². The standard InChI is InChI=1S/C19H23Cl2NO2/c1-4-13(2)22-11-14-5-8-18(19(9-14)23-3)24-12-15-6-7-16(20)10-17(15)21/h5-10,13,22H,4,11-12H2,1-3H3. The van der Waals surface area contributed by atoms with Crippen LogP contribution in [0.3, 0.4) is 0 Å². The monoisotopic (exact) mass is 367 g/mol. The van der Waals surface area contributed by atoms with Crippen molar-refractivity contribution in [2.45, 2.75) is 39.5 Å². The molecule has 1 N–H and O–H groups in total. The second-order valence-corrected chi connectivity index (χ2v) is 6.54. The Bertz CT molecular complexity index is 676. The lowest BCUT2D eigenvalue weighted by Gasteiger charge is -2.15. The van der Waals surface area contributed by atoms with E-state index in [1.807, 2.05) is 24.3 Å². The molecule has 0 aliphatic rings. The highest BCUT2D eigenvalue weighted by Gasteiger charge is 2.09. The quantitative estimate of drug-likeness (QED) is 0.670. The van der Waals surface area contributed by atoms with Gasteiger partial charge in [0.05, 0.1) is 7.11 Å². The molecule has 0 aliphatic heterocycles. The Morgan fingerprint density at radius 3 is 2.54 bits per heavy atom. The molecule has 0 saturated carbocycles. The van der Waals surface area contributed by atoms with Gasteiger partial charge in [-0.25, -0.2) is 0 Å². The maximum absolute atomic E-state index is 6.18. The van der Waals surface area contributed by atoms with Crippen LogP contribution >= 0.6 is 23.2 Å². The van der Waals surface area contributed by atoms with Crippen molar-refractivity contribution in [1.82, 2.24) is 5.32 Å². The van der Waals surface area contributed by atoms with E-state index in [0.29, 0.717) is 34.2 Å². The minimum absolute atomic E-state index is 0.358. The molecule has 3 nitrogen and oxygen atoms in total. The average Bonchev–Trinajstić information content (AvgIpc) is 2.59. The highest BCUT2D eigenvalue weighted by molar-refractivity contribution is 6.35. The van der Waals surface area contributed by atoms with Gasteiger partial charge in [0, 0.05) is 28.2 Å². The summed E-state index contributed by atoms with van der Waals surface area (Å²) in [6.45, 7) is 5.49. The highest BCUT2D eigenvalue weighted by Crippen LogP contribution is 2.30. The summed E-state index contributed by atoms with van der Waals surface area (Å²) in [4.78, 5) is 0. The van der Waals surface area contributed by atoms with Crippen molar-refractivity contribution in [1.29, 1.82) is 0 Å². The summed E-state index contributed by atoms with van der Waals surface area (Å²) in [5, 5.41) is 4.67. The molecule has 24 heavy (non-hydrogen) atoms. The molecular formula is C19H23Cl2NO2. The first-order valence-electron chi connectivity index (χ1n) is 8.00. The third-order valence-corrected chi connectivity index (χ3v) is 4.48. The molecule has 0 bridgehead atoms. The van der Waals surface area contributed by atoms with Gasteiger partial charge >= 0.3 is 0 Å². The van der Waals surface area contributed by atoms with Crippen molar-refractivity contribution in [2.75, 3.05) is 7.11 Å². The smallest absolute Gasteiger partial charge is 0.161 e. The average molecular weight is 368 g/mol. The first kappa shape index (κ1) is 18.9. The molecule has 2 aromatic rings. The zero-order valence-corrected chi connectivity index (χ0v) is 15.7. The lowest BCUT2D eigenvalue weighted by molar-refractivity contribution is 0.284.